The first kappa shape index (κ1) is 20.0. The predicted molar refractivity (Wildman–Crippen MR) is 116 cm³/mol. The van der Waals surface area contributed by atoms with E-state index < -0.39 is 5.60 Å². The second-order valence-corrected chi connectivity index (χ2v) is 8.68. The zero-order chi connectivity index (χ0) is 21.3. The molecular formula is C22H27N5O3. The van der Waals surface area contributed by atoms with E-state index in [4.69, 9.17) is 4.74 Å². The van der Waals surface area contributed by atoms with Crippen LogP contribution in [-0.4, -0.2) is 38.3 Å². The van der Waals surface area contributed by atoms with E-state index in [9.17, 15) is 9.59 Å². The minimum absolute atomic E-state index is 0.0846. The Morgan fingerprint density at radius 3 is 2.67 bits per heavy atom. The zero-order valence-electron chi connectivity index (χ0n) is 17.4. The van der Waals surface area contributed by atoms with Gasteiger partial charge in [0.1, 0.15) is 11.4 Å². The molecule has 2 aromatic heterocycles. The summed E-state index contributed by atoms with van der Waals surface area (Å²) in [7, 11) is 0. The van der Waals surface area contributed by atoms with Gasteiger partial charge in [-0.3, -0.25) is 4.57 Å². The number of carbonyl (C=O) groups excluding carboxylic acids is 1. The molecule has 0 bridgehead atoms. The second kappa shape index (κ2) is 7.85. The molecule has 1 aromatic carbocycles. The van der Waals surface area contributed by atoms with Gasteiger partial charge in [-0.2, -0.15) is 0 Å². The summed E-state index contributed by atoms with van der Waals surface area (Å²) in [6.45, 7) is 5.56. The highest BCUT2D eigenvalue weighted by molar-refractivity contribution is 5.77. The second-order valence-electron chi connectivity index (χ2n) is 8.68. The Morgan fingerprint density at radius 2 is 1.93 bits per heavy atom. The molecule has 8 nitrogen and oxygen atoms in total. The molecule has 1 aliphatic carbocycles. The van der Waals surface area contributed by atoms with Crippen LogP contribution in [0.15, 0.2) is 47.4 Å². The molecule has 0 unspecified atom stereocenters. The lowest BCUT2D eigenvalue weighted by Crippen LogP contribution is -2.38. The first-order valence-corrected chi connectivity index (χ1v) is 10.2. The fourth-order valence-electron chi connectivity index (χ4n) is 3.84. The van der Waals surface area contributed by atoms with Gasteiger partial charge in [0.2, 0.25) is 0 Å². The summed E-state index contributed by atoms with van der Waals surface area (Å²) in [5.41, 5.74) is 1.62. The number of nitrogens with one attached hydrogen (secondary N) is 3. The SMILES string of the molecule is CC(C)(C)OC(=O)N[C@H]1CC[C@H](Nc2ccc(-n3c(=O)[nH]c4ccccc43)cn2)C1. The average Bonchev–Trinajstić information content (AvgIpc) is 3.24. The number of anilines is 1. The number of aromatic nitrogens is 3. The van der Waals surface area contributed by atoms with E-state index in [1.165, 1.54) is 0 Å². The topological polar surface area (TPSA) is 101 Å². The van der Waals surface area contributed by atoms with E-state index in [1.807, 2.05) is 57.2 Å². The maximum absolute atomic E-state index is 12.3. The van der Waals surface area contributed by atoms with Gasteiger partial charge in [-0.15, -0.1) is 0 Å². The van der Waals surface area contributed by atoms with Gasteiger partial charge in [0.25, 0.3) is 0 Å². The van der Waals surface area contributed by atoms with Crippen LogP contribution in [0.5, 0.6) is 0 Å². The van der Waals surface area contributed by atoms with Crippen LogP contribution in [0.4, 0.5) is 10.6 Å². The van der Waals surface area contributed by atoms with Crippen LogP contribution in [-0.2, 0) is 4.74 Å². The minimum Gasteiger partial charge on any atom is -0.444 e. The average molecular weight is 409 g/mol. The molecule has 1 aliphatic rings. The van der Waals surface area contributed by atoms with E-state index in [0.29, 0.717) is 5.69 Å². The molecule has 1 amide bonds. The molecule has 0 radical (unpaired) electrons. The van der Waals surface area contributed by atoms with Gasteiger partial charge in [0, 0.05) is 12.1 Å². The maximum atomic E-state index is 12.3. The van der Waals surface area contributed by atoms with Gasteiger partial charge in [-0.25, -0.2) is 14.6 Å². The summed E-state index contributed by atoms with van der Waals surface area (Å²) in [4.78, 5) is 31.6. The normalized spacial score (nSPS) is 19.0. The first-order valence-electron chi connectivity index (χ1n) is 10.2. The summed E-state index contributed by atoms with van der Waals surface area (Å²) in [5, 5.41) is 6.36. The fourth-order valence-corrected chi connectivity index (χ4v) is 3.84. The van der Waals surface area contributed by atoms with Crippen molar-refractivity contribution in [2.75, 3.05) is 5.32 Å². The van der Waals surface area contributed by atoms with Crippen molar-refractivity contribution in [2.45, 2.75) is 57.7 Å². The Morgan fingerprint density at radius 1 is 1.17 bits per heavy atom. The monoisotopic (exact) mass is 409 g/mol. The lowest BCUT2D eigenvalue weighted by atomic mass is 10.2. The number of fused-ring (bicyclic) bond motifs is 1. The highest BCUT2D eigenvalue weighted by atomic mass is 16.6. The van der Waals surface area contributed by atoms with Gasteiger partial charge in [0.15, 0.2) is 0 Å². The predicted octanol–water partition coefficient (Wildman–Crippen LogP) is 3.57. The Balaban J connectivity index is 1.38. The number of rotatable bonds is 4. The molecule has 30 heavy (non-hydrogen) atoms. The van der Waals surface area contributed by atoms with Crippen molar-refractivity contribution >= 4 is 22.9 Å². The van der Waals surface area contributed by atoms with Crippen LogP contribution in [0.25, 0.3) is 16.7 Å². The van der Waals surface area contributed by atoms with E-state index in [0.717, 1.165) is 36.1 Å². The van der Waals surface area contributed by atoms with Crippen molar-refractivity contribution in [3.8, 4) is 5.69 Å². The van der Waals surface area contributed by atoms with Gasteiger partial charge < -0.3 is 20.4 Å². The molecule has 0 saturated heterocycles. The number of pyridine rings is 1. The van der Waals surface area contributed by atoms with Crippen LogP contribution in [0.2, 0.25) is 0 Å². The van der Waals surface area contributed by atoms with E-state index in [2.05, 4.69) is 20.6 Å². The number of carbonyl (C=O) groups is 1. The number of H-pyrrole nitrogens is 1. The molecule has 0 spiro atoms. The molecule has 2 heterocycles. The largest absolute Gasteiger partial charge is 0.444 e. The third-order valence-electron chi connectivity index (χ3n) is 5.10. The Bertz CT molecular complexity index is 1090. The molecule has 158 valence electrons. The standard InChI is InChI=1S/C22H27N5O3/c1-22(2,3)30-21(29)25-15-9-8-14(12-15)24-19-11-10-16(13-23-19)27-18-7-5-4-6-17(18)26-20(27)28/h4-7,10-11,13-15H,8-9,12H2,1-3H3,(H,23,24)(H,25,29)(H,26,28)/t14-,15-/m0/s1. The number of nitrogens with zero attached hydrogens (tertiary/aromatic N) is 2. The number of para-hydroxylation sites is 2. The van der Waals surface area contributed by atoms with Crippen LogP contribution in [0.3, 0.4) is 0 Å². The summed E-state index contributed by atoms with van der Waals surface area (Å²) in [5.74, 6) is 0.745. The number of amides is 1. The maximum Gasteiger partial charge on any atom is 0.407 e. The molecular weight excluding hydrogens is 382 g/mol. The lowest BCUT2D eigenvalue weighted by molar-refractivity contribution is 0.0505. The van der Waals surface area contributed by atoms with Gasteiger partial charge in [-0.05, 0) is 64.3 Å². The Kier molecular flexibility index (Phi) is 5.24. The van der Waals surface area contributed by atoms with Crippen molar-refractivity contribution in [1.82, 2.24) is 19.9 Å². The molecule has 0 aliphatic heterocycles. The summed E-state index contributed by atoms with van der Waals surface area (Å²) in [6, 6.07) is 11.6. The van der Waals surface area contributed by atoms with Crippen LogP contribution < -0.4 is 16.3 Å². The smallest absolute Gasteiger partial charge is 0.407 e. The van der Waals surface area contributed by atoms with Crippen LogP contribution >= 0.6 is 0 Å². The minimum atomic E-state index is -0.501. The van der Waals surface area contributed by atoms with Crippen molar-refractivity contribution in [2.24, 2.45) is 0 Å². The third-order valence-corrected chi connectivity index (χ3v) is 5.10. The number of alkyl carbamates (subject to hydrolysis) is 1. The van der Waals surface area contributed by atoms with Gasteiger partial charge in [-0.1, -0.05) is 12.1 Å². The van der Waals surface area contributed by atoms with E-state index in [1.54, 1.807) is 10.8 Å². The van der Waals surface area contributed by atoms with Crippen molar-refractivity contribution in [3.63, 3.8) is 0 Å². The van der Waals surface area contributed by atoms with Crippen molar-refractivity contribution in [3.05, 3.63) is 53.1 Å². The summed E-state index contributed by atoms with van der Waals surface area (Å²) in [6.07, 6.45) is 3.95. The molecule has 8 heteroatoms. The first-order chi connectivity index (χ1) is 14.3. The van der Waals surface area contributed by atoms with Gasteiger partial charge >= 0.3 is 11.8 Å². The van der Waals surface area contributed by atoms with Crippen molar-refractivity contribution < 1.29 is 9.53 Å². The number of hydrogen-bond acceptors (Lipinski definition) is 5. The number of ether oxygens (including phenoxy) is 1. The molecule has 2 atom stereocenters. The summed E-state index contributed by atoms with van der Waals surface area (Å²) >= 11 is 0. The highest BCUT2D eigenvalue weighted by Gasteiger charge is 2.27. The number of aromatic amines is 1. The number of imidazole rings is 1. The van der Waals surface area contributed by atoms with Crippen LogP contribution in [0.1, 0.15) is 40.0 Å². The fraction of sp³-hybridized carbons (Fsp3) is 0.409. The quantitative estimate of drug-likeness (QED) is 0.612. The van der Waals surface area contributed by atoms with Crippen molar-refractivity contribution in [1.29, 1.82) is 0 Å². The highest BCUT2D eigenvalue weighted by Crippen LogP contribution is 2.23. The van der Waals surface area contributed by atoms with Gasteiger partial charge in [0.05, 0.1) is 22.9 Å². The molecule has 1 fully saturated rings. The third kappa shape index (κ3) is 4.48. The Hall–Kier alpha value is -3.29. The molecule has 3 aromatic rings. The van der Waals surface area contributed by atoms with Crippen LogP contribution in [0, 0.1) is 0 Å². The molecule has 3 N–H and O–H groups in total. The number of benzene rings is 1. The van der Waals surface area contributed by atoms with E-state index >= 15 is 0 Å². The summed E-state index contributed by atoms with van der Waals surface area (Å²) < 4.78 is 6.94. The zero-order valence-corrected chi connectivity index (χ0v) is 17.4. The molecule has 4 rings (SSSR count). The Labute approximate surface area is 174 Å². The van der Waals surface area contributed by atoms with E-state index in [-0.39, 0.29) is 23.9 Å². The lowest BCUT2D eigenvalue weighted by Gasteiger charge is -2.22. The number of hydrogen-bond donors (Lipinski definition) is 3. The molecule has 1 saturated carbocycles.